The summed E-state index contributed by atoms with van der Waals surface area (Å²) in [5, 5.41) is 3.67. The van der Waals surface area contributed by atoms with Crippen LogP contribution in [0, 0.1) is 5.82 Å². The average molecular weight is 308 g/mol. The van der Waals surface area contributed by atoms with Gasteiger partial charge >= 0.3 is 0 Å². The van der Waals surface area contributed by atoms with Crippen LogP contribution in [-0.2, 0) is 24.4 Å². The van der Waals surface area contributed by atoms with Crippen molar-refractivity contribution < 1.29 is 9.13 Å². The number of ether oxygens (including phenoxy) is 1. The van der Waals surface area contributed by atoms with Gasteiger partial charge in [-0.3, -0.25) is 0 Å². The lowest BCUT2D eigenvalue weighted by molar-refractivity contribution is 0.133. The van der Waals surface area contributed by atoms with Crippen LogP contribution in [0.2, 0.25) is 5.02 Å². The van der Waals surface area contributed by atoms with E-state index in [1.165, 1.54) is 11.6 Å². The topological polar surface area (TPSA) is 21.3 Å². The minimum absolute atomic E-state index is 0.280. The minimum atomic E-state index is -0.280. The highest BCUT2D eigenvalue weighted by Gasteiger charge is 2.04. The number of rotatable bonds is 7. The Kier molecular flexibility index (Phi) is 6.18. The van der Waals surface area contributed by atoms with Gasteiger partial charge in [0.15, 0.2) is 0 Å². The summed E-state index contributed by atoms with van der Waals surface area (Å²) in [5.74, 6) is -0.280. The summed E-state index contributed by atoms with van der Waals surface area (Å²) in [6.45, 7) is 4.41. The van der Waals surface area contributed by atoms with E-state index in [0.717, 1.165) is 5.56 Å². The second-order valence-electron chi connectivity index (χ2n) is 4.75. The van der Waals surface area contributed by atoms with E-state index in [9.17, 15) is 4.39 Å². The Balaban J connectivity index is 1.94. The molecule has 0 atom stereocenters. The molecule has 0 aliphatic carbocycles. The van der Waals surface area contributed by atoms with Gasteiger partial charge in [0.1, 0.15) is 5.82 Å². The molecule has 0 radical (unpaired) electrons. The average Bonchev–Trinajstić information content (AvgIpc) is 2.48. The summed E-state index contributed by atoms with van der Waals surface area (Å²) in [6, 6.07) is 12.8. The van der Waals surface area contributed by atoms with E-state index in [0.29, 0.717) is 36.9 Å². The molecule has 0 heterocycles. The first kappa shape index (κ1) is 16.0. The largest absolute Gasteiger partial charge is 0.377 e. The van der Waals surface area contributed by atoms with Gasteiger partial charge in [0.2, 0.25) is 0 Å². The van der Waals surface area contributed by atoms with Crippen molar-refractivity contribution in [1.82, 2.24) is 5.32 Å². The number of hydrogen-bond acceptors (Lipinski definition) is 2. The molecule has 1 N–H and O–H groups in total. The molecule has 0 bridgehead atoms. The van der Waals surface area contributed by atoms with Gasteiger partial charge in [0.25, 0.3) is 0 Å². The normalized spacial score (nSPS) is 10.8. The molecule has 21 heavy (non-hydrogen) atoms. The van der Waals surface area contributed by atoms with Crippen LogP contribution in [0.5, 0.6) is 0 Å². The molecule has 0 aromatic heterocycles. The van der Waals surface area contributed by atoms with Crippen LogP contribution >= 0.6 is 11.6 Å². The van der Waals surface area contributed by atoms with E-state index in [1.807, 2.05) is 19.1 Å². The minimum Gasteiger partial charge on any atom is -0.377 e. The summed E-state index contributed by atoms with van der Waals surface area (Å²) in [4.78, 5) is 0. The molecule has 0 spiro atoms. The van der Waals surface area contributed by atoms with Crippen LogP contribution in [0.3, 0.4) is 0 Å². The molecule has 0 aliphatic rings. The van der Waals surface area contributed by atoms with Crippen LogP contribution in [0.15, 0.2) is 42.5 Å². The van der Waals surface area contributed by atoms with Crippen molar-refractivity contribution in [3.63, 3.8) is 0 Å². The molecule has 0 unspecified atom stereocenters. The maximum atomic E-state index is 13.7. The Morgan fingerprint density at radius 3 is 2.48 bits per heavy atom. The molecular formula is C17H19ClFNO. The smallest absolute Gasteiger partial charge is 0.129 e. The summed E-state index contributed by atoms with van der Waals surface area (Å²) < 4.78 is 19.1. The van der Waals surface area contributed by atoms with Crippen molar-refractivity contribution in [3.05, 3.63) is 70.0 Å². The standard InChI is InChI=1S/C17H19ClFNO/c1-2-21-12-15-6-4-3-5-13(15)10-20-11-14-7-8-16(18)9-17(14)19/h3-9,20H,2,10-12H2,1H3. The van der Waals surface area contributed by atoms with E-state index < -0.39 is 0 Å². The zero-order chi connectivity index (χ0) is 15.1. The number of hydrogen-bond donors (Lipinski definition) is 1. The monoisotopic (exact) mass is 307 g/mol. The quantitative estimate of drug-likeness (QED) is 0.823. The second kappa shape index (κ2) is 8.13. The molecule has 0 saturated carbocycles. The molecule has 0 aliphatic heterocycles. The summed E-state index contributed by atoms with van der Waals surface area (Å²) in [6.07, 6.45) is 0. The van der Waals surface area contributed by atoms with Crippen LogP contribution in [0.25, 0.3) is 0 Å². The Labute approximate surface area is 129 Å². The lowest BCUT2D eigenvalue weighted by Gasteiger charge is -2.11. The molecule has 0 amide bonds. The van der Waals surface area contributed by atoms with Gasteiger partial charge in [-0.1, -0.05) is 41.9 Å². The van der Waals surface area contributed by atoms with E-state index in [1.54, 1.807) is 12.1 Å². The molecule has 2 aromatic rings. The van der Waals surface area contributed by atoms with Gasteiger partial charge in [-0.05, 0) is 30.2 Å². The summed E-state index contributed by atoms with van der Waals surface area (Å²) in [5.41, 5.74) is 2.94. The van der Waals surface area contributed by atoms with Gasteiger partial charge in [-0.25, -0.2) is 4.39 Å². The van der Waals surface area contributed by atoms with E-state index >= 15 is 0 Å². The third-order valence-electron chi connectivity index (χ3n) is 3.23. The van der Waals surface area contributed by atoms with Gasteiger partial charge in [0, 0.05) is 30.3 Å². The van der Waals surface area contributed by atoms with Crippen molar-refractivity contribution in [2.45, 2.75) is 26.6 Å². The Morgan fingerprint density at radius 2 is 1.76 bits per heavy atom. The molecule has 2 nitrogen and oxygen atoms in total. The second-order valence-corrected chi connectivity index (χ2v) is 5.18. The van der Waals surface area contributed by atoms with Crippen molar-refractivity contribution in [1.29, 1.82) is 0 Å². The van der Waals surface area contributed by atoms with Gasteiger partial charge in [0.05, 0.1) is 6.61 Å². The SMILES string of the molecule is CCOCc1ccccc1CNCc1ccc(Cl)cc1F. The van der Waals surface area contributed by atoms with Crippen LogP contribution < -0.4 is 5.32 Å². The van der Waals surface area contributed by atoms with Crippen molar-refractivity contribution in [2.75, 3.05) is 6.61 Å². The lowest BCUT2D eigenvalue weighted by Crippen LogP contribution is -2.15. The van der Waals surface area contributed by atoms with E-state index in [4.69, 9.17) is 16.3 Å². The van der Waals surface area contributed by atoms with E-state index in [-0.39, 0.29) is 5.82 Å². The predicted molar refractivity (Wildman–Crippen MR) is 83.7 cm³/mol. The van der Waals surface area contributed by atoms with Crippen molar-refractivity contribution >= 4 is 11.6 Å². The fourth-order valence-electron chi connectivity index (χ4n) is 2.08. The van der Waals surface area contributed by atoms with Crippen molar-refractivity contribution in [3.8, 4) is 0 Å². The maximum Gasteiger partial charge on any atom is 0.129 e. The van der Waals surface area contributed by atoms with E-state index in [2.05, 4.69) is 17.4 Å². The highest BCUT2D eigenvalue weighted by Crippen LogP contribution is 2.15. The highest BCUT2D eigenvalue weighted by molar-refractivity contribution is 6.30. The molecule has 0 saturated heterocycles. The fourth-order valence-corrected chi connectivity index (χ4v) is 2.24. The van der Waals surface area contributed by atoms with Crippen LogP contribution in [-0.4, -0.2) is 6.61 Å². The third-order valence-corrected chi connectivity index (χ3v) is 3.46. The maximum absolute atomic E-state index is 13.7. The summed E-state index contributed by atoms with van der Waals surface area (Å²) >= 11 is 5.74. The van der Waals surface area contributed by atoms with Gasteiger partial charge < -0.3 is 10.1 Å². The Bertz CT molecular complexity index is 589. The number of benzene rings is 2. The molecule has 2 aromatic carbocycles. The molecule has 2 rings (SSSR count). The van der Waals surface area contributed by atoms with Crippen molar-refractivity contribution in [2.24, 2.45) is 0 Å². The first-order valence-electron chi connectivity index (χ1n) is 7.00. The van der Waals surface area contributed by atoms with Gasteiger partial charge in [-0.2, -0.15) is 0 Å². The molecule has 0 fully saturated rings. The summed E-state index contributed by atoms with van der Waals surface area (Å²) in [7, 11) is 0. The zero-order valence-electron chi connectivity index (χ0n) is 12.0. The van der Waals surface area contributed by atoms with Crippen LogP contribution in [0.4, 0.5) is 4.39 Å². The Morgan fingerprint density at radius 1 is 1.05 bits per heavy atom. The molecular weight excluding hydrogens is 289 g/mol. The van der Waals surface area contributed by atoms with Crippen LogP contribution in [0.1, 0.15) is 23.6 Å². The first-order chi connectivity index (χ1) is 10.2. The number of halogens is 2. The first-order valence-corrected chi connectivity index (χ1v) is 7.37. The highest BCUT2D eigenvalue weighted by atomic mass is 35.5. The Hall–Kier alpha value is -1.42. The number of nitrogens with one attached hydrogen (secondary N) is 1. The third kappa shape index (κ3) is 4.81. The molecule has 4 heteroatoms. The lowest BCUT2D eigenvalue weighted by atomic mass is 10.1. The zero-order valence-corrected chi connectivity index (χ0v) is 12.8. The fraction of sp³-hybridized carbons (Fsp3) is 0.294. The molecule has 112 valence electrons. The van der Waals surface area contributed by atoms with Gasteiger partial charge in [-0.15, -0.1) is 0 Å². The predicted octanol–water partition coefficient (Wildman–Crippen LogP) is 4.31.